The summed E-state index contributed by atoms with van der Waals surface area (Å²) in [7, 11) is 1.63. The van der Waals surface area contributed by atoms with E-state index in [2.05, 4.69) is 10.3 Å². The first-order valence-corrected chi connectivity index (χ1v) is 4.11. The topological polar surface area (TPSA) is 44.9 Å². The fraction of sp³-hybridized carbons (Fsp3) is 0.100. The second kappa shape index (κ2) is 2.94. The summed E-state index contributed by atoms with van der Waals surface area (Å²) in [5.41, 5.74) is 1.58. The van der Waals surface area contributed by atoms with Gasteiger partial charge in [0, 0.05) is 18.6 Å². The molecule has 1 aromatic heterocycles. The van der Waals surface area contributed by atoms with Crippen LogP contribution in [0.25, 0.3) is 10.9 Å². The molecule has 13 heavy (non-hydrogen) atoms. The standard InChI is InChI=1S/C10H10N2O/c1-11-10(13)8-4-2-3-7-5-6-12-9(7)8/h2-6,12H,1H3,(H,11,13). The van der Waals surface area contributed by atoms with Crippen molar-refractivity contribution in [3.63, 3.8) is 0 Å². The van der Waals surface area contributed by atoms with Crippen LogP contribution in [-0.2, 0) is 0 Å². The number of aromatic amines is 1. The van der Waals surface area contributed by atoms with Crippen molar-refractivity contribution in [3.05, 3.63) is 36.0 Å². The molecule has 0 bridgehead atoms. The lowest BCUT2D eigenvalue weighted by molar-refractivity contribution is 0.0964. The number of carbonyl (C=O) groups is 1. The maximum atomic E-state index is 11.4. The zero-order valence-corrected chi connectivity index (χ0v) is 7.29. The van der Waals surface area contributed by atoms with Crippen LogP contribution in [-0.4, -0.2) is 17.9 Å². The SMILES string of the molecule is CNC(=O)c1cccc2cc[nH]c12. The Balaban J connectivity index is 2.67. The van der Waals surface area contributed by atoms with Crippen LogP contribution in [0.2, 0.25) is 0 Å². The summed E-state index contributed by atoms with van der Waals surface area (Å²) in [6.07, 6.45) is 1.83. The van der Waals surface area contributed by atoms with E-state index in [0.29, 0.717) is 5.56 Å². The largest absolute Gasteiger partial charge is 0.361 e. The van der Waals surface area contributed by atoms with E-state index < -0.39 is 0 Å². The molecule has 3 heteroatoms. The van der Waals surface area contributed by atoms with Gasteiger partial charge in [-0.15, -0.1) is 0 Å². The van der Waals surface area contributed by atoms with Crippen molar-refractivity contribution < 1.29 is 4.79 Å². The minimum Gasteiger partial charge on any atom is -0.361 e. The Hall–Kier alpha value is -1.77. The fourth-order valence-electron chi connectivity index (χ4n) is 1.41. The highest BCUT2D eigenvalue weighted by atomic mass is 16.1. The molecular weight excluding hydrogens is 164 g/mol. The maximum absolute atomic E-state index is 11.4. The number of H-pyrrole nitrogens is 1. The summed E-state index contributed by atoms with van der Waals surface area (Å²) in [6.45, 7) is 0. The number of aromatic nitrogens is 1. The molecule has 1 aromatic carbocycles. The molecular formula is C10H10N2O. The highest BCUT2D eigenvalue weighted by Crippen LogP contribution is 2.16. The molecule has 0 aliphatic rings. The van der Waals surface area contributed by atoms with Gasteiger partial charge in [-0.2, -0.15) is 0 Å². The number of hydrogen-bond acceptors (Lipinski definition) is 1. The van der Waals surface area contributed by atoms with Gasteiger partial charge in [0.2, 0.25) is 0 Å². The first kappa shape index (κ1) is 7.86. The molecule has 0 atom stereocenters. The molecule has 0 aliphatic heterocycles. The van der Waals surface area contributed by atoms with E-state index in [9.17, 15) is 4.79 Å². The third-order valence-electron chi connectivity index (χ3n) is 2.06. The van der Waals surface area contributed by atoms with Crippen LogP contribution in [0.5, 0.6) is 0 Å². The second-order valence-electron chi connectivity index (χ2n) is 2.83. The van der Waals surface area contributed by atoms with Gasteiger partial charge in [-0.05, 0) is 12.1 Å². The molecule has 1 heterocycles. The van der Waals surface area contributed by atoms with Gasteiger partial charge in [0.25, 0.3) is 5.91 Å². The smallest absolute Gasteiger partial charge is 0.253 e. The van der Waals surface area contributed by atoms with Crippen molar-refractivity contribution in [3.8, 4) is 0 Å². The van der Waals surface area contributed by atoms with Gasteiger partial charge in [-0.1, -0.05) is 12.1 Å². The number of para-hydroxylation sites is 1. The molecule has 0 aliphatic carbocycles. The Morgan fingerprint density at radius 3 is 3.00 bits per heavy atom. The van der Waals surface area contributed by atoms with Crippen LogP contribution < -0.4 is 5.32 Å². The Morgan fingerprint density at radius 2 is 2.23 bits per heavy atom. The highest BCUT2D eigenvalue weighted by Gasteiger charge is 2.07. The van der Waals surface area contributed by atoms with Crippen LogP contribution >= 0.6 is 0 Å². The van der Waals surface area contributed by atoms with Crippen molar-refractivity contribution >= 4 is 16.8 Å². The molecule has 66 valence electrons. The zero-order chi connectivity index (χ0) is 9.26. The Kier molecular flexibility index (Phi) is 1.77. The lowest BCUT2D eigenvalue weighted by atomic mass is 10.1. The minimum absolute atomic E-state index is 0.0620. The summed E-state index contributed by atoms with van der Waals surface area (Å²) in [5.74, 6) is -0.0620. The van der Waals surface area contributed by atoms with E-state index in [4.69, 9.17) is 0 Å². The molecule has 0 spiro atoms. The molecule has 0 fully saturated rings. The quantitative estimate of drug-likeness (QED) is 0.676. The molecule has 2 rings (SSSR count). The summed E-state index contributed by atoms with van der Waals surface area (Å²) in [5, 5.41) is 3.66. The van der Waals surface area contributed by atoms with Gasteiger partial charge in [0.1, 0.15) is 0 Å². The summed E-state index contributed by atoms with van der Waals surface area (Å²) in [4.78, 5) is 14.4. The average molecular weight is 174 g/mol. The molecule has 1 amide bonds. The number of rotatable bonds is 1. The first-order chi connectivity index (χ1) is 6.33. The zero-order valence-electron chi connectivity index (χ0n) is 7.29. The van der Waals surface area contributed by atoms with Gasteiger partial charge < -0.3 is 10.3 Å². The number of amides is 1. The summed E-state index contributed by atoms with van der Waals surface area (Å²) < 4.78 is 0. The number of benzene rings is 1. The predicted molar refractivity (Wildman–Crippen MR) is 51.7 cm³/mol. The van der Waals surface area contributed by atoms with Gasteiger partial charge >= 0.3 is 0 Å². The molecule has 2 aromatic rings. The molecule has 0 radical (unpaired) electrons. The van der Waals surface area contributed by atoms with Crippen molar-refractivity contribution in [2.45, 2.75) is 0 Å². The average Bonchev–Trinajstić information content (AvgIpc) is 2.63. The van der Waals surface area contributed by atoms with E-state index in [-0.39, 0.29) is 5.91 Å². The molecule has 2 N–H and O–H groups in total. The van der Waals surface area contributed by atoms with Crippen LogP contribution in [0.15, 0.2) is 30.5 Å². The fourth-order valence-corrected chi connectivity index (χ4v) is 1.41. The Bertz CT molecular complexity index is 445. The van der Waals surface area contributed by atoms with Gasteiger partial charge in [0.15, 0.2) is 0 Å². The third-order valence-corrected chi connectivity index (χ3v) is 2.06. The van der Waals surface area contributed by atoms with Crippen LogP contribution in [0.1, 0.15) is 10.4 Å². The minimum atomic E-state index is -0.0620. The monoisotopic (exact) mass is 174 g/mol. The molecule has 3 nitrogen and oxygen atoms in total. The van der Waals surface area contributed by atoms with E-state index in [1.165, 1.54) is 0 Å². The number of hydrogen-bond donors (Lipinski definition) is 2. The lowest BCUT2D eigenvalue weighted by Crippen LogP contribution is -2.17. The van der Waals surface area contributed by atoms with Crippen molar-refractivity contribution in [1.29, 1.82) is 0 Å². The number of carbonyl (C=O) groups excluding carboxylic acids is 1. The highest BCUT2D eigenvalue weighted by molar-refractivity contribution is 6.05. The summed E-state index contributed by atoms with van der Waals surface area (Å²) in [6, 6.07) is 7.60. The van der Waals surface area contributed by atoms with Gasteiger partial charge in [-0.25, -0.2) is 0 Å². The first-order valence-electron chi connectivity index (χ1n) is 4.11. The lowest BCUT2D eigenvalue weighted by Gasteiger charge is -2.00. The van der Waals surface area contributed by atoms with E-state index >= 15 is 0 Å². The number of nitrogens with one attached hydrogen (secondary N) is 2. The maximum Gasteiger partial charge on any atom is 0.253 e. The second-order valence-corrected chi connectivity index (χ2v) is 2.83. The van der Waals surface area contributed by atoms with Crippen LogP contribution in [0, 0.1) is 0 Å². The van der Waals surface area contributed by atoms with E-state index in [0.717, 1.165) is 10.9 Å². The normalized spacial score (nSPS) is 10.2. The van der Waals surface area contributed by atoms with Crippen molar-refractivity contribution in [2.75, 3.05) is 7.05 Å². The Morgan fingerprint density at radius 1 is 1.38 bits per heavy atom. The third kappa shape index (κ3) is 1.18. The molecule has 0 unspecified atom stereocenters. The summed E-state index contributed by atoms with van der Waals surface area (Å²) >= 11 is 0. The molecule has 0 saturated heterocycles. The van der Waals surface area contributed by atoms with Gasteiger partial charge in [-0.3, -0.25) is 4.79 Å². The number of fused-ring (bicyclic) bond motifs is 1. The van der Waals surface area contributed by atoms with E-state index in [1.54, 1.807) is 13.1 Å². The molecule has 0 saturated carbocycles. The van der Waals surface area contributed by atoms with Crippen molar-refractivity contribution in [2.24, 2.45) is 0 Å². The van der Waals surface area contributed by atoms with Crippen molar-refractivity contribution in [1.82, 2.24) is 10.3 Å². The Labute approximate surface area is 75.8 Å². The van der Waals surface area contributed by atoms with Crippen LogP contribution in [0.3, 0.4) is 0 Å². The predicted octanol–water partition coefficient (Wildman–Crippen LogP) is 1.53. The van der Waals surface area contributed by atoms with Gasteiger partial charge in [0.05, 0.1) is 11.1 Å². The van der Waals surface area contributed by atoms with E-state index in [1.807, 2.05) is 24.4 Å². The van der Waals surface area contributed by atoms with Crippen LogP contribution in [0.4, 0.5) is 0 Å².